The fourth-order valence-corrected chi connectivity index (χ4v) is 2.67. The molecule has 5 nitrogen and oxygen atoms in total. The van der Waals surface area contributed by atoms with Crippen LogP contribution in [0.4, 0.5) is 0 Å². The monoisotopic (exact) mass is 432 g/mol. The summed E-state index contributed by atoms with van der Waals surface area (Å²) in [4.78, 5) is 6.79. The van der Waals surface area contributed by atoms with Crippen molar-refractivity contribution in [1.82, 2.24) is 15.5 Å². The lowest BCUT2D eigenvalue weighted by Crippen LogP contribution is -2.42. The van der Waals surface area contributed by atoms with Crippen LogP contribution in [0.1, 0.15) is 24.8 Å². The molecule has 0 radical (unpaired) electrons. The van der Waals surface area contributed by atoms with Gasteiger partial charge in [-0.1, -0.05) is 18.6 Å². The van der Waals surface area contributed by atoms with Gasteiger partial charge in [-0.05, 0) is 43.6 Å². The highest BCUT2D eigenvalue weighted by molar-refractivity contribution is 14.0. The number of hydrogen-bond acceptors (Lipinski definition) is 3. The highest BCUT2D eigenvalue weighted by Gasteiger charge is 2.09. The quantitative estimate of drug-likeness (QED) is 0.412. The second kappa shape index (κ2) is 11.5. The molecule has 6 heteroatoms. The van der Waals surface area contributed by atoms with Crippen LogP contribution in [-0.4, -0.2) is 51.2 Å². The molecule has 0 spiro atoms. The van der Waals surface area contributed by atoms with Crippen LogP contribution in [0, 0.1) is 0 Å². The van der Waals surface area contributed by atoms with Crippen molar-refractivity contribution in [3.8, 4) is 5.75 Å². The summed E-state index contributed by atoms with van der Waals surface area (Å²) in [5.41, 5.74) is 1.21. The summed E-state index contributed by atoms with van der Waals surface area (Å²) in [6.45, 7) is 5.25. The van der Waals surface area contributed by atoms with Gasteiger partial charge in [0.15, 0.2) is 5.96 Å². The minimum absolute atomic E-state index is 0. The van der Waals surface area contributed by atoms with Gasteiger partial charge >= 0.3 is 0 Å². The number of methoxy groups -OCH3 is 1. The molecule has 1 heterocycles. The minimum atomic E-state index is 0. The maximum Gasteiger partial charge on any atom is 0.191 e. The first-order chi connectivity index (χ1) is 10.8. The van der Waals surface area contributed by atoms with Crippen LogP contribution in [0.3, 0.4) is 0 Å². The number of piperidine rings is 1. The maximum atomic E-state index is 5.17. The van der Waals surface area contributed by atoms with Crippen molar-refractivity contribution in [2.75, 3.05) is 40.3 Å². The predicted molar refractivity (Wildman–Crippen MR) is 107 cm³/mol. The normalized spacial score (nSPS) is 15.7. The van der Waals surface area contributed by atoms with Crippen molar-refractivity contribution in [2.24, 2.45) is 4.99 Å². The van der Waals surface area contributed by atoms with Gasteiger partial charge in [-0.3, -0.25) is 4.99 Å². The summed E-state index contributed by atoms with van der Waals surface area (Å²) in [6, 6.07) is 8.08. The average Bonchev–Trinajstić information content (AvgIpc) is 2.59. The number of hydrogen-bond donors (Lipinski definition) is 2. The zero-order valence-electron chi connectivity index (χ0n) is 14.2. The van der Waals surface area contributed by atoms with E-state index >= 15 is 0 Å². The molecule has 0 atom stereocenters. The fourth-order valence-electron chi connectivity index (χ4n) is 2.67. The number of rotatable bonds is 6. The van der Waals surface area contributed by atoms with Gasteiger partial charge in [0.25, 0.3) is 0 Å². The molecule has 0 saturated carbocycles. The lowest BCUT2D eigenvalue weighted by molar-refractivity contribution is 0.232. The Morgan fingerprint density at radius 3 is 2.43 bits per heavy atom. The Morgan fingerprint density at radius 1 is 1.13 bits per heavy atom. The number of likely N-dealkylation sites (tertiary alicyclic amines) is 1. The Kier molecular flexibility index (Phi) is 10.0. The molecule has 0 aliphatic carbocycles. The maximum absolute atomic E-state index is 5.17. The molecule has 1 aliphatic heterocycles. The average molecular weight is 432 g/mol. The van der Waals surface area contributed by atoms with Crippen LogP contribution < -0.4 is 15.4 Å². The third-order valence-corrected chi connectivity index (χ3v) is 4.01. The fraction of sp³-hybridized carbons (Fsp3) is 0.588. The first kappa shape index (κ1) is 20.0. The summed E-state index contributed by atoms with van der Waals surface area (Å²) >= 11 is 0. The Morgan fingerprint density at radius 2 is 1.83 bits per heavy atom. The van der Waals surface area contributed by atoms with Gasteiger partial charge in [-0.25, -0.2) is 0 Å². The van der Waals surface area contributed by atoms with E-state index in [4.69, 9.17) is 4.74 Å². The SMILES string of the molecule is CN=C(NCCN1CCCCC1)NCc1ccc(OC)cc1.I. The van der Waals surface area contributed by atoms with E-state index in [1.54, 1.807) is 7.11 Å². The molecule has 0 amide bonds. The zero-order valence-corrected chi connectivity index (χ0v) is 16.5. The highest BCUT2D eigenvalue weighted by atomic mass is 127. The predicted octanol–water partition coefficient (Wildman–Crippen LogP) is 2.46. The number of nitrogens with zero attached hydrogens (tertiary/aromatic N) is 2. The van der Waals surface area contributed by atoms with Crippen LogP contribution in [0.15, 0.2) is 29.3 Å². The van der Waals surface area contributed by atoms with E-state index in [0.29, 0.717) is 0 Å². The van der Waals surface area contributed by atoms with Gasteiger partial charge in [0.2, 0.25) is 0 Å². The molecule has 1 saturated heterocycles. The zero-order chi connectivity index (χ0) is 15.6. The first-order valence-electron chi connectivity index (χ1n) is 8.11. The molecule has 0 bridgehead atoms. The Hall–Kier alpha value is -1.02. The van der Waals surface area contributed by atoms with E-state index in [1.165, 1.54) is 37.9 Å². The van der Waals surface area contributed by atoms with E-state index < -0.39 is 0 Å². The highest BCUT2D eigenvalue weighted by Crippen LogP contribution is 2.10. The van der Waals surface area contributed by atoms with Gasteiger partial charge in [0, 0.05) is 26.7 Å². The minimum Gasteiger partial charge on any atom is -0.497 e. The summed E-state index contributed by atoms with van der Waals surface area (Å²) < 4.78 is 5.17. The molecule has 2 N–H and O–H groups in total. The van der Waals surface area contributed by atoms with Crippen LogP contribution in [-0.2, 0) is 6.54 Å². The standard InChI is InChI=1S/C17H28N4O.HI/c1-18-17(19-10-13-21-11-4-3-5-12-21)20-14-15-6-8-16(22-2)9-7-15;/h6-9H,3-5,10-14H2,1-2H3,(H2,18,19,20);1H. The molecular weight excluding hydrogens is 403 g/mol. The van der Waals surface area contributed by atoms with Crippen molar-refractivity contribution in [1.29, 1.82) is 0 Å². The van der Waals surface area contributed by atoms with Gasteiger partial charge in [0.1, 0.15) is 5.75 Å². The van der Waals surface area contributed by atoms with Crippen molar-refractivity contribution in [3.05, 3.63) is 29.8 Å². The molecule has 2 rings (SSSR count). The third-order valence-electron chi connectivity index (χ3n) is 4.01. The number of ether oxygens (including phenoxy) is 1. The van der Waals surface area contributed by atoms with E-state index in [2.05, 4.69) is 32.7 Å². The van der Waals surface area contributed by atoms with Gasteiger partial charge in [-0.15, -0.1) is 24.0 Å². The number of aliphatic imine (C=N–C) groups is 1. The lowest BCUT2D eigenvalue weighted by atomic mass is 10.1. The summed E-state index contributed by atoms with van der Waals surface area (Å²) in [7, 11) is 3.49. The molecule has 130 valence electrons. The smallest absolute Gasteiger partial charge is 0.191 e. The first-order valence-corrected chi connectivity index (χ1v) is 8.11. The lowest BCUT2D eigenvalue weighted by Gasteiger charge is -2.26. The topological polar surface area (TPSA) is 48.9 Å². The van der Waals surface area contributed by atoms with E-state index in [-0.39, 0.29) is 24.0 Å². The van der Waals surface area contributed by atoms with E-state index in [0.717, 1.165) is 31.3 Å². The number of halogens is 1. The van der Waals surface area contributed by atoms with Crippen molar-refractivity contribution < 1.29 is 4.74 Å². The second-order valence-corrected chi connectivity index (χ2v) is 5.60. The molecule has 0 aromatic heterocycles. The molecule has 1 aromatic rings. The molecule has 0 unspecified atom stereocenters. The summed E-state index contributed by atoms with van der Waals surface area (Å²) in [5, 5.41) is 6.72. The van der Waals surface area contributed by atoms with Crippen molar-refractivity contribution in [3.63, 3.8) is 0 Å². The van der Waals surface area contributed by atoms with Crippen LogP contribution >= 0.6 is 24.0 Å². The number of nitrogens with one attached hydrogen (secondary N) is 2. The molecule has 1 fully saturated rings. The molecular formula is C17H29IN4O. The third kappa shape index (κ3) is 7.39. The number of benzene rings is 1. The molecule has 1 aliphatic rings. The Balaban J connectivity index is 0.00000264. The van der Waals surface area contributed by atoms with E-state index in [9.17, 15) is 0 Å². The largest absolute Gasteiger partial charge is 0.497 e. The van der Waals surface area contributed by atoms with Gasteiger partial charge in [0.05, 0.1) is 7.11 Å². The Bertz CT molecular complexity index is 458. The Labute approximate surface area is 156 Å². The second-order valence-electron chi connectivity index (χ2n) is 5.60. The van der Waals surface area contributed by atoms with Crippen LogP contribution in [0.25, 0.3) is 0 Å². The van der Waals surface area contributed by atoms with Crippen molar-refractivity contribution in [2.45, 2.75) is 25.8 Å². The summed E-state index contributed by atoms with van der Waals surface area (Å²) in [5.74, 6) is 1.74. The van der Waals surface area contributed by atoms with Crippen LogP contribution in [0.5, 0.6) is 5.75 Å². The van der Waals surface area contributed by atoms with Gasteiger partial charge in [-0.2, -0.15) is 0 Å². The number of guanidine groups is 1. The van der Waals surface area contributed by atoms with Crippen LogP contribution in [0.2, 0.25) is 0 Å². The summed E-state index contributed by atoms with van der Waals surface area (Å²) in [6.07, 6.45) is 4.06. The van der Waals surface area contributed by atoms with Gasteiger partial charge < -0.3 is 20.3 Å². The molecule has 23 heavy (non-hydrogen) atoms. The molecule has 1 aromatic carbocycles. The van der Waals surface area contributed by atoms with E-state index in [1.807, 2.05) is 19.2 Å². The van der Waals surface area contributed by atoms with Crippen molar-refractivity contribution >= 4 is 29.9 Å².